The van der Waals surface area contributed by atoms with E-state index < -0.39 is 22.4 Å². The Labute approximate surface area is 152 Å². The van der Waals surface area contributed by atoms with Crippen LogP contribution >= 0.6 is 0 Å². The molecule has 0 radical (unpaired) electrons. The van der Waals surface area contributed by atoms with Gasteiger partial charge in [-0.15, -0.1) is 0 Å². The normalized spacial score (nSPS) is 18.5. The van der Waals surface area contributed by atoms with Crippen molar-refractivity contribution in [3.05, 3.63) is 48.2 Å². The first kappa shape index (κ1) is 18.3. The molecule has 1 aromatic heterocycles. The fourth-order valence-electron chi connectivity index (χ4n) is 2.90. The van der Waals surface area contributed by atoms with E-state index >= 15 is 0 Å². The van der Waals surface area contributed by atoms with Gasteiger partial charge in [-0.05, 0) is 36.8 Å². The van der Waals surface area contributed by atoms with E-state index in [2.05, 4.69) is 10.3 Å². The number of ether oxygens (including phenoxy) is 1. The maximum atomic E-state index is 11.6. The molecular weight excluding hydrogens is 356 g/mol. The van der Waals surface area contributed by atoms with Crippen LogP contribution in [0.15, 0.2) is 42.6 Å². The number of sulfone groups is 1. The number of aromatic nitrogens is 1. The number of pyridine rings is 1. The molecule has 1 unspecified atom stereocenters. The van der Waals surface area contributed by atoms with Gasteiger partial charge >= 0.3 is 5.97 Å². The molecule has 1 atom stereocenters. The molecule has 0 spiro atoms. The third-order valence-electron chi connectivity index (χ3n) is 4.19. The monoisotopic (exact) mass is 376 g/mol. The summed E-state index contributed by atoms with van der Waals surface area (Å²) in [5.41, 5.74) is 2.43. The fourth-order valence-corrected chi connectivity index (χ4v) is 4.61. The summed E-state index contributed by atoms with van der Waals surface area (Å²) in [4.78, 5) is 15.1. The third kappa shape index (κ3) is 4.80. The summed E-state index contributed by atoms with van der Waals surface area (Å²) < 4.78 is 28.6. The first-order chi connectivity index (χ1) is 12.4. The number of rotatable bonds is 7. The molecule has 0 bridgehead atoms. The Morgan fingerprint density at radius 3 is 2.81 bits per heavy atom. The van der Waals surface area contributed by atoms with E-state index in [0.717, 1.165) is 16.8 Å². The van der Waals surface area contributed by atoms with Crippen LogP contribution in [0, 0.1) is 0 Å². The minimum atomic E-state index is -2.96. The molecule has 26 heavy (non-hydrogen) atoms. The molecule has 2 heterocycles. The number of carbonyl (C=O) groups is 1. The summed E-state index contributed by atoms with van der Waals surface area (Å²) in [6, 6.07) is 10.9. The maximum Gasteiger partial charge on any atom is 0.341 e. The second-order valence-electron chi connectivity index (χ2n) is 6.20. The lowest BCUT2D eigenvalue weighted by atomic mass is 10.1. The molecule has 3 rings (SSSR count). The van der Waals surface area contributed by atoms with Gasteiger partial charge in [0.25, 0.3) is 0 Å². The Kier molecular flexibility index (Phi) is 5.53. The molecular formula is C18H20N2O5S. The predicted molar refractivity (Wildman–Crippen MR) is 96.7 cm³/mol. The standard InChI is InChI=1S/C18H20N2O5S/c21-18(22)11-25-17-5-4-13(16-3-1-2-7-19-16)9-14(17)10-20-15-6-8-26(23,24)12-15/h1-5,7,9,15,20H,6,8,10-12H2,(H,21,22). The third-order valence-corrected chi connectivity index (χ3v) is 5.95. The van der Waals surface area contributed by atoms with Crippen molar-refractivity contribution in [1.82, 2.24) is 10.3 Å². The van der Waals surface area contributed by atoms with Gasteiger partial charge in [-0.3, -0.25) is 4.98 Å². The zero-order valence-corrected chi connectivity index (χ0v) is 14.9. The summed E-state index contributed by atoms with van der Waals surface area (Å²) in [7, 11) is -2.96. The van der Waals surface area contributed by atoms with Gasteiger partial charge in [-0.25, -0.2) is 13.2 Å². The van der Waals surface area contributed by atoms with E-state index in [0.29, 0.717) is 18.7 Å². The number of benzene rings is 1. The number of hydrogen-bond acceptors (Lipinski definition) is 6. The highest BCUT2D eigenvalue weighted by Crippen LogP contribution is 2.26. The van der Waals surface area contributed by atoms with E-state index in [4.69, 9.17) is 9.84 Å². The second-order valence-corrected chi connectivity index (χ2v) is 8.43. The van der Waals surface area contributed by atoms with E-state index in [9.17, 15) is 13.2 Å². The molecule has 1 saturated heterocycles. The smallest absolute Gasteiger partial charge is 0.341 e. The predicted octanol–water partition coefficient (Wildman–Crippen LogP) is 1.49. The Morgan fingerprint density at radius 2 is 2.15 bits per heavy atom. The van der Waals surface area contributed by atoms with Crippen molar-refractivity contribution in [2.75, 3.05) is 18.1 Å². The number of carboxylic acids is 1. The van der Waals surface area contributed by atoms with Crippen molar-refractivity contribution in [3.8, 4) is 17.0 Å². The lowest BCUT2D eigenvalue weighted by Gasteiger charge is -2.15. The van der Waals surface area contributed by atoms with Crippen LogP contribution in [0.1, 0.15) is 12.0 Å². The van der Waals surface area contributed by atoms with Crippen LogP contribution in [-0.4, -0.2) is 48.6 Å². The highest BCUT2D eigenvalue weighted by molar-refractivity contribution is 7.91. The maximum absolute atomic E-state index is 11.6. The number of nitrogens with zero attached hydrogens (tertiary/aromatic N) is 1. The molecule has 8 heteroatoms. The largest absolute Gasteiger partial charge is 0.482 e. The van der Waals surface area contributed by atoms with Gasteiger partial charge in [0.15, 0.2) is 16.4 Å². The van der Waals surface area contributed by atoms with Crippen molar-refractivity contribution >= 4 is 15.8 Å². The van der Waals surface area contributed by atoms with Crippen molar-refractivity contribution < 1.29 is 23.1 Å². The topological polar surface area (TPSA) is 106 Å². The molecule has 1 aromatic carbocycles. The summed E-state index contributed by atoms with van der Waals surface area (Å²) in [6.45, 7) is -0.0520. The van der Waals surface area contributed by atoms with E-state index in [1.165, 1.54) is 0 Å². The van der Waals surface area contributed by atoms with Gasteiger partial charge in [0, 0.05) is 29.9 Å². The van der Waals surface area contributed by atoms with Crippen molar-refractivity contribution in [3.63, 3.8) is 0 Å². The zero-order chi connectivity index (χ0) is 18.6. The van der Waals surface area contributed by atoms with E-state index in [1.54, 1.807) is 12.3 Å². The molecule has 1 fully saturated rings. The Hall–Kier alpha value is -2.45. The Morgan fingerprint density at radius 1 is 1.31 bits per heavy atom. The van der Waals surface area contributed by atoms with Crippen LogP contribution in [0.3, 0.4) is 0 Å². The molecule has 138 valence electrons. The van der Waals surface area contributed by atoms with Gasteiger partial charge in [-0.2, -0.15) is 0 Å². The van der Waals surface area contributed by atoms with Gasteiger partial charge in [0.05, 0.1) is 17.2 Å². The van der Waals surface area contributed by atoms with Gasteiger partial charge < -0.3 is 15.2 Å². The SMILES string of the molecule is O=C(O)COc1ccc(-c2ccccn2)cc1CNC1CCS(=O)(=O)C1. The lowest BCUT2D eigenvalue weighted by Crippen LogP contribution is -2.29. The van der Waals surface area contributed by atoms with Crippen molar-refractivity contribution in [2.45, 2.75) is 19.0 Å². The molecule has 0 amide bonds. The molecule has 7 nitrogen and oxygen atoms in total. The highest BCUT2D eigenvalue weighted by Gasteiger charge is 2.27. The van der Waals surface area contributed by atoms with Crippen LogP contribution in [0.25, 0.3) is 11.3 Å². The van der Waals surface area contributed by atoms with Crippen LogP contribution in [0.4, 0.5) is 0 Å². The number of hydrogen-bond donors (Lipinski definition) is 2. The summed E-state index contributed by atoms with van der Waals surface area (Å²) in [5, 5.41) is 12.1. The van der Waals surface area contributed by atoms with Crippen LogP contribution in [0.2, 0.25) is 0 Å². The first-order valence-corrected chi connectivity index (χ1v) is 10.1. The van der Waals surface area contributed by atoms with E-state index in [-0.39, 0.29) is 17.5 Å². The quantitative estimate of drug-likeness (QED) is 0.754. The second kappa shape index (κ2) is 7.84. The van der Waals surface area contributed by atoms with Gasteiger partial charge in [0.1, 0.15) is 5.75 Å². The first-order valence-electron chi connectivity index (χ1n) is 8.26. The van der Waals surface area contributed by atoms with Crippen molar-refractivity contribution in [1.29, 1.82) is 0 Å². The summed E-state index contributed by atoms with van der Waals surface area (Å²) >= 11 is 0. The molecule has 0 aliphatic carbocycles. The average Bonchev–Trinajstić information content (AvgIpc) is 2.98. The van der Waals surface area contributed by atoms with Crippen molar-refractivity contribution in [2.24, 2.45) is 0 Å². The average molecular weight is 376 g/mol. The summed E-state index contributed by atoms with van der Waals surface area (Å²) in [5.74, 6) is -0.278. The molecule has 1 aliphatic rings. The summed E-state index contributed by atoms with van der Waals surface area (Å²) in [6.07, 6.45) is 2.28. The van der Waals surface area contributed by atoms with Crippen LogP contribution < -0.4 is 10.1 Å². The van der Waals surface area contributed by atoms with Crippen LogP contribution in [-0.2, 0) is 21.2 Å². The highest BCUT2D eigenvalue weighted by atomic mass is 32.2. The molecule has 0 saturated carbocycles. The van der Waals surface area contributed by atoms with Gasteiger partial charge in [0.2, 0.25) is 0 Å². The number of aliphatic carboxylic acids is 1. The Bertz CT molecular complexity index is 884. The Balaban J connectivity index is 1.80. The number of carboxylic acid groups (broad SMARTS) is 1. The van der Waals surface area contributed by atoms with Crippen LogP contribution in [0.5, 0.6) is 5.75 Å². The fraction of sp³-hybridized carbons (Fsp3) is 0.333. The molecule has 2 aromatic rings. The minimum absolute atomic E-state index is 0.106. The zero-order valence-electron chi connectivity index (χ0n) is 14.1. The van der Waals surface area contributed by atoms with Gasteiger partial charge in [-0.1, -0.05) is 6.07 Å². The lowest BCUT2D eigenvalue weighted by molar-refractivity contribution is -0.139. The van der Waals surface area contributed by atoms with E-state index in [1.807, 2.05) is 30.3 Å². The molecule has 2 N–H and O–H groups in total. The number of nitrogens with one attached hydrogen (secondary N) is 1. The minimum Gasteiger partial charge on any atom is -0.482 e. The molecule has 1 aliphatic heterocycles.